The summed E-state index contributed by atoms with van der Waals surface area (Å²) in [5, 5.41) is 3.00. The van der Waals surface area contributed by atoms with E-state index in [1.165, 1.54) is 6.07 Å². The van der Waals surface area contributed by atoms with E-state index >= 15 is 0 Å². The van der Waals surface area contributed by atoms with Crippen molar-refractivity contribution in [3.63, 3.8) is 0 Å². The molecule has 0 radical (unpaired) electrons. The molecule has 1 aromatic rings. The predicted molar refractivity (Wildman–Crippen MR) is 78.0 cm³/mol. The molecule has 0 saturated heterocycles. The minimum atomic E-state index is -3.24. The average molecular weight is 353 g/mol. The Hall–Kier alpha value is -0.500. The molecule has 0 aliphatic rings. The Morgan fingerprint density at radius 2 is 2.11 bits per heavy atom. The van der Waals surface area contributed by atoms with E-state index in [1.807, 2.05) is 0 Å². The van der Waals surface area contributed by atoms with Crippen molar-refractivity contribution < 1.29 is 12.8 Å². The van der Waals surface area contributed by atoms with Crippen molar-refractivity contribution in [1.29, 1.82) is 0 Å². The predicted octanol–water partition coefficient (Wildman–Crippen LogP) is 2.18. The first-order chi connectivity index (χ1) is 8.85. The summed E-state index contributed by atoms with van der Waals surface area (Å²) in [7, 11) is -3.24. The van der Waals surface area contributed by atoms with Gasteiger partial charge in [-0.05, 0) is 25.1 Å². The fourth-order valence-corrected chi connectivity index (χ4v) is 3.01. The number of hydrogen-bond acceptors (Lipinski definition) is 3. The van der Waals surface area contributed by atoms with Crippen molar-refractivity contribution in [1.82, 2.24) is 10.0 Å². The molecule has 19 heavy (non-hydrogen) atoms. The summed E-state index contributed by atoms with van der Waals surface area (Å²) in [4.78, 5) is 0. The number of sulfonamides is 1. The molecule has 0 amide bonds. The van der Waals surface area contributed by atoms with E-state index < -0.39 is 10.0 Å². The molecule has 0 aliphatic heterocycles. The van der Waals surface area contributed by atoms with Crippen molar-refractivity contribution in [2.24, 2.45) is 0 Å². The summed E-state index contributed by atoms with van der Waals surface area (Å²) >= 11 is 3.28. The average Bonchev–Trinajstić information content (AvgIpc) is 2.31. The molecule has 0 bridgehead atoms. The zero-order valence-corrected chi connectivity index (χ0v) is 13.3. The van der Waals surface area contributed by atoms with Gasteiger partial charge < -0.3 is 5.32 Å². The van der Waals surface area contributed by atoms with Gasteiger partial charge >= 0.3 is 0 Å². The zero-order valence-electron chi connectivity index (χ0n) is 10.9. The van der Waals surface area contributed by atoms with Gasteiger partial charge in [-0.3, -0.25) is 0 Å². The Balaban J connectivity index is 2.56. The normalized spacial score (nSPS) is 13.5. The summed E-state index contributed by atoms with van der Waals surface area (Å²) in [5.41, 5.74) is 0.509. The Bertz CT molecular complexity index is 522. The van der Waals surface area contributed by atoms with E-state index in [0.29, 0.717) is 12.1 Å². The van der Waals surface area contributed by atoms with Crippen molar-refractivity contribution >= 4 is 26.0 Å². The summed E-state index contributed by atoms with van der Waals surface area (Å²) in [6.07, 6.45) is 0. The van der Waals surface area contributed by atoms with E-state index in [9.17, 15) is 12.8 Å². The zero-order chi connectivity index (χ0) is 14.5. The standard InChI is InChI=1S/C12H18BrFN2O2S/c1-3-16-19(17,18)7-6-15-9(2)11-8-10(13)4-5-12(11)14/h4-5,8-9,15-16H,3,6-7H2,1-2H3. The molecule has 0 aliphatic carbocycles. The summed E-state index contributed by atoms with van der Waals surface area (Å²) in [6, 6.07) is 4.44. The van der Waals surface area contributed by atoms with Crippen molar-refractivity contribution in [3.8, 4) is 0 Å². The van der Waals surface area contributed by atoms with E-state index in [2.05, 4.69) is 26.0 Å². The van der Waals surface area contributed by atoms with Crippen LogP contribution in [0.3, 0.4) is 0 Å². The van der Waals surface area contributed by atoms with E-state index in [-0.39, 0.29) is 24.2 Å². The van der Waals surface area contributed by atoms with Gasteiger partial charge in [0.05, 0.1) is 5.75 Å². The Morgan fingerprint density at radius 3 is 2.74 bits per heavy atom. The molecule has 1 rings (SSSR count). The van der Waals surface area contributed by atoms with Crippen molar-refractivity contribution in [2.75, 3.05) is 18.8 Å². The quantitative estimate of drug-likeness (QED) is 0.790. The number of rotatable bonds is 7. The molecule has 0 heterocycles. The van der Waals surface area contributed by atoms with Crippen molar-refractivity contribution in [3.05, 3.63) is 34.1 Å². The van der Waals surface area contributed by atoms with Crippen molar-refractivity contribution in [2.45, 2.75) is 19.9 Å². The highest BCUT2D eigenvalue weighted by atomic mass is 79.9. The van der Waals surface area contributed by atoms with Gasteiger partial charge in [-0.1, -0.05) is 22.9 Å². The van der Waals surface area contributed by atoms with Gasteiger partial charge in [0.15, 0.2) is 0 Å². The third-order valence-electron chi connectivity index (χ3n) is 2.61. The molecular weight excluding hydrogens is 335 g/mol. The second-order valence-electron chi connectivity index (χ2n) is 4.16. The van der Waals surface area contributed by atoms with Crippen LogP contribution in [0.1, 0.15) is 25.5 Å². The molecule has 2 N–H and O–H groups in total. The fraction of sp³-hybridized carbons (Fsp3) is 0.500. The first kappa shape index (κ1) is 16.6. The minimum absolute atomic E-state index is 0.0270. The largest absolute Gasteiger partial charge is 0.309 e. The van der Waals surface area contributed by atoms with Crippen LogP contribution >= 0.6 is 15.9 Å². The minimum Gasteiger partial charge on any atom is -0.309 e. The molecule has 1 aromatic carbocycles. The van der Waals surface area contributed by atoms with Gasteiger partial charge in [-0.15, -0.1) is 0 Å². The number of halogens is 2. The number of nitrogens with one attached hydrogen (secondary N) is 2. The van der Waals surface area contributed by atoms with Crippen LogP contribution in [0.2, 0.25) is 0 Å². The van der Waals surface area contributed by atoms with E-state index in [1.54, 1.807) is 26.0 Å². The molecule has 1 unspecified atom stereocenters. The molecule has 1 atom stereocenters. The highest BCUT2D eigenvalue weighted by molar-refractivity contribution is 9.10. The Morgan fingerprint density at radius 1 is 1.42 bits per heavy atom. The summed E-state index contributed by atoms with van der Waals surface area (Å²) in [5.74, 6) is -0.335. The van der Waals surface area contributed by atoms with Gasteiger partial charge in [0.1, 0.15) is 5.82 Å². The molecule has 0 saturated carbocycles. The lowest BCUT2D eigenvalue weighted by Gasteiger charge is -2.15. The van der Waals surface area contributed by atoms with E-state index in [0.717, 1.165) is 4.47 Å². The molecule has 0 fully saturated rings. The lowest BCUT2D eigenvalue weighted by atomic mass is 10.1. The first-order valence-electron chi connectivity index (χ1n) is 6.01. The fourth-order valence-electron chi connectivity index (χ4n) is 1.66. The maximum Gasteiger partial charge on any atom is 0.212 e. The smallest absolute Gasteiger partial charge is 0.212 e. The SMILES string of the molecule is CCNS(=O)(=O)CCNC(C)c1cc(Br)ccc1F. The van der Waals surface area contributed by atoms with Crippen LogP contribution in [0.15, 0.2) is 22.7 Å². The molecule has 0 aromatic heterocycles. The Kier molecular flexibility index (Phi) is 6.38. The Labute approximate surface area is 122 Å². The van der Waals surface area contributed by atoms with Gasteiger partial charge in [-0.2, -0.15) is 0 Å². The van der Waals surface area contributed by atoms with Crippen LogP contribution in [0, 0.1) is 5.82 Å². The van der Waals surface area contributed by atoms with Gasteiger partial charge in [0.25, 0.3) is 0 Å². The van der Waals surface area contributed by atoms with Crippen LogP contribution in [0.4, 0.5) is 4.39 Å². The molecule has 4 nitrogen and oxygen atoms in total. The monoisotopic (exact) mass is 352 g/mol. The third kappa shape index (κ3) is 5.56. The second-order valence-corrected chi connectivity index (χ2v) is 7.00. The lowest BCUT2D eigenvalue weighted by Crippen LogP contribution is -2.32. The van der Waals surface area contributed by atoms with Crippen LogP contribution < -0.4 is 10.0 Å². The number of benzene rings is 1. The highest BCUT2D eigenvalue weighted by Gasteiger charge is 2.13. The van der Waals surface area contributed by atoms with Crippen LogP contribution in [-0.4, -0.2) is 27.3 Å². The first-order valence-corrected chi connectivity index (χ1v) is 8.46. The second kappa shape index (κ2) is 7.33. The van der Waals surface area contributed by atoms with Gasteiger partial charge in [0, 0.05) is 29.2 Å². The lowest BCUT2D eigenvalue weighted by molar-refractivity contribution is 0.534. The highest BCUT2D eigenvalue weighted by Crippen LogP contribution is 2.21. The van der Waals surface area contributed by atoms with Crippen LogP contribution in [0.25, 0.3) is 0 Å². The third-order valence-corrected chi connectivity index (χ3v) is 4.57. The summed E-state index contributed by atoms with van der Waals surface area (Å²) < 4.78 is 39.7. The van der Waals surface area contributed by atoms with Gasteiger partial charge in [0.2, 0.25) is 10.0 Å². The van der Waals surface area contributed by atoms with E-state index in [4.69, 9.17) is 0 Å². The topological polar surface area (TPSA) is 58.2 Å². The number of hydrogen-bond donors (Lipinski definition) is 2. The molecule has 108 valence electrons. The van der Waals surface area contributed by atoms with Crippen LogP contribution in [0.5, 0.6) is 0 Å². The van der Waals surface area contributed by atoms with Crippen LogP contribution in [-0.2, 0) is 10.0 Å². The summed E-state index contributed by atoms with van der Waals surface area (Å²) in [6.45, 7) is 4.16. The van der Waals surface area contributed by atoms with Gasteiger partial charge in [-0.25, -0.2) is 17.5 Å². The molecule has 7 heteroatoms. The maximum atomic E-state index is 13.6. The molecule has 0 spiro atoms. The maximum absolute atomic E-state index is 13.6. The molecular formula is C12H18BrFN2O2S.